The third-order valence-corrected chi connectivity index (χ3v) is 2.82. The second-order valence-corrected chi connectivity index (χ2v) is 4.22. The summed E-state index contributed by atoms with van der Waals surface area (Å²) in [6, 6.07) is 17.0. The Bertz CT molecular complexity index is 555. The highest BCUT2D eigenvalue weighted by Crippen LogP contribution is 2.26. The van der Waals surface area contributed by atoms with Crippen LogP contribution in [0, 0.1) is 11.3 Å². The van der Waals surface area contributed by atoms with Crippen LogP contribution in [0.1, 0.15) is 17.0 Å². The first kappa shape index (κ1) is 11.5. The van der Waals surface area contributed by atoms with Gasteiger partial charge in [-0.3, -0.25) is 0 Å². The molecular weight excluding hydrogens is 232 g/mol. The van der Waals surface area contributed by atoms with Crippen LogP contribution in [0.2, 0.25) is 5.02 Å². The van der Waals surface area contributed by atoms with Crippen molar-refractivity contribution in [3.8, 4) is 6.07 Å². The molecule has 3 heteroatoms. The summed E-state index contributed by atoms with van der Waals surface area (Å²) in [5, 5.41) is 9.91. The lowest BCUT2D eigenvalue weighted by molar-refractivity contribution is 1.04. The molecule has 0 aromatic heterocycles. The maximum absolute atomic E-state index is 9.27. The number of rotatable bonds is 2. The van der Waals surface area contributed by atoms with Crippen LogP contribution in [0.3, 0.4) is 0 Å². The highest BCUT2D eigenvalue weighted by atomic mass is 35.5. The Balaban J connectivity index is 2.41. The summed E-state index contributed by atoms with van der Waals surface area (Å²) in [4.78, 5) is 0. The van der Waals surface area contributed by atoms with Gasteiger partial charge in [0, 0.05) is 10.7 Å². The molecule has 2 N–H and O–H groups in total. The molecule has 0 saturated carbocycles. The largest absolute Gasteiger partial charge is 0.399 e. The zero-order chi connectivity index (χ0) is 12.3. The van der Waals surface area contributed by atoms with Gasteiger partial charge in [0.15, 0.2) is 0 Å². The van der Waals surface area contributed by atoms with Crippen molar-refractivity contribution in [2.24, 2.45) is 0 Å². The predicted molar refractivity (Wildman–Crippen MR) is 69.8 cm³/mol. The summed E-state index contributed by atoms with van der Waals surface area (Å²) in [5.74, 6) is -0.311. The highest BCUT2D eigenvalue weighted by Gasteiger charge is 2.13. The van der Waals surface area contributed by atoms with E-state index in [1.54, 1.807) is 18.2 Å². The van der Waals surface area contributed by atoms with E-state index in [-0.39, 0.29) is 5.92 Å². The van der Waals surface area contributed by atoms with E-state index < -0.39 is 0 Å². The zero-order valence-corrected chi connectivity index (χ0v) is 9.85. The second-order valence-electron chi connectivity index (χ2n) is 3.78. The molecule has 0 heterocycles. The van der Waals surface area contributed by atoms with Gasteiger partial charge in [-0.1, -0.05) is 35.9 Å². The minimum Gasteiger partial charge on any atom is -0.399 e. The molecule has 2 nitrogen and oxygen atoms in total. The SMILES string of the molecule is N#CC(c1ccc(N)cc1)c1cccc(Cl)c1. The molecule has 2 aromatic carbocycles. The number of nitriles is 1. The molecule has 2 rings (SSSR count). The average Bonchev–Trinajstić information content (AvgIpc) is 2.33. The molecule has 0 fully saturated rings. The van der Waals surface area contributed by atoms with Gasteiger partial charge in [0.25, 0.3) is 0 Å². The molecule has 84 valence electrons. The molecule has 0 saturated heterocycles. The number of nitrogens with zero attached hydrogens (tertiary/aromatic N) is 1. The first-order valence-corrected chi connectivity index (χ1v) is 5.59. The maximum atomic E-state index is 9.27. The number of anilines is 1. The molecule has 0 amide bonds. The molecule has 0 aliphatic rings. The fourth-order valence-electron chi connectivity index (χ4n) is 1.72. The van der Waals surface area contributed by atoms with E-state index in [9.17, 15) is 5.26 Å². The van der Waals surface area contributed by atoms with Crippen molar-refractivity contribution >= 4 is 17.3 Å². The Morgan fingerprint density at radius 1 is 1.06 bits per heavy atom. The van der Waals surface area contributed by atoms with Crippen LogP contribution < -0.4 is 5.73 Å². The summed E-state index contributed by atoms with van der Waals surface area (Å²) in [5.41, 5.74) is 8.13. The summed E-state index contributed by atoms with van der Waals surface area (Å²) in [6.07, 6.45) is 0. The maximum Gasteiger partial charge on any atom is 0.0963 e. The molecular formula is C14H11ClN2. The van der Waals surface area contributed by atoms with E-state index >= 15 is 0 Å². The standard InChI is InChI=1S/C14H11ClN2/c15-12-3-1-2-11(8-12)14(9-16)10-4-6-13(17)7-5-10/h1-8,14H,17H2. The molecule has 1 unspecified atom stereocenters. The van der Waals surface area contributed by atoms with Crippen LogP contribution in [0.4, 0.5) is 5.69 Å². The molecule has 0 radical (unpaired) electrons. The quantitative estimate of drug-likeness (QED) is 0.819. The first-order chi connectivity index (χ1) is 8.20. The lowest BCUT2D eigenvalue weighted by Gasteiger charge is -2.10. The Morgan fingerprint density at radius 3 is 2.35 bits per heavy atom. The number of benzene rings is 2. The Labute approximate surface area is 105 Å². The Morgan fingerprint density at radius 2 is 1.76 bits per heavy atom. The van der Waals surface area contributed by atoms with Gasteiger partial charge in [-0.25, -0.2) is 0 Å². The first-order valence-electron chi connectivity index (χ1n) is 5.21. The smallest absolute Gasteiger partial charge is 0.0963 e. The summed E-state index contributed by atoms with van der Waals surface area (Å²) >= 11 is 5.93. The third kappa shape index (κ3) is 2.58. The van der Waals surface area contributed by atoms with E-state index in [0.29, 0.717) is 10.7 Å². The van der Waals surface area contributed by atoms with Crippen molar-refractivity contribution < 1.29 is 0 Å². The van der Waals surface area contributed by atoms with Crippen molar-refractivity contribution in [3.63, 3.8) is 0 Å². The lowest BCUT2D eigenvalue weighted by Crippen LogP contribution is -1.98. The summed E-state index contributed by atoms with van der Waals surface area (Å²) in [7, 11) is 0. The minimum atomic E-state index is -0.311. The number of nitrogens with two attached hydrogens (primary N) is 1. The normalized spacial score (nSPS) is 11.8. The van der Waals surface area contributed by atoms with Crippen molar-refractivity contribution in [1.29, 1.82) is 5.26 Å². The van der Waals surface area contributed by atoms with Gasteiger partial charge < -0.3 is 5.73 Å². The average molecular weight is 243 g/mol. The van der Waals surface area contributed by atoms with Crippen LogP contribution in [-0.4, -0.2) is 0 Å². The summed E-state index contributed by atoms with van der Waals surface area (Å²) < 4.78 is 0. The van der Waals surface area contributed by atoms with Crippen LogP contribution in [0.5, 0.6) is 0 Å². The van der Waals surface area contributed by atoms with E-state index in [4.69, 9.17) is 17.3 Å². The van der Waals surface area contributed by atoms with Gasteiger partial charge in [0.2, 0.25) is 0 Å². The molecule has 1 atom stereocenters. The van der Waals surface area contributed by atoms with Gasteiger partial charge >= 0.3 is 0 Å². The van der Waals surface area contributed by atoms with Gasteiger partial charge in [0.05, 0.1) is 12.0 Å². The Kier molecular flexibility index (Phi) is 3.32. The zero-order valence-electron chi connectivity index (χ0n) is 9.10. The number of halogens is 1. The number of hydrogen-bond acceptors (Lipinski definition) is 2. The molecule has 0 aliphatic heterocycles. The Hall–Kier alpha value is -1.98. The number of nitrogen functional groups attached to an aromatic ring is 1. The fourth-order valence-corrected chi connectivity index (χ4v) is 1.91. The number of hydrogen-bond donors (Lipinski definition) is 1. The van der Waals surface area contributed by atoms with E-state index in [2.05, 4.69) is 6.07 Å². The second kappa shape index (κ2) is 4.90. The topological polar surface area (TPSA) is 49.8 Å². The van der Waals surface area contributed by atoms with Gasteiger partial charge in [-0.2, -0.15) is 5.26 Å². The molecule has 2 aromatic rings. The van der Waals surface area contributed by atoms with E-state index in [1.807, 2.05) is 30.3 Å². The van der Waals surface area contributed by atoms with Crippen molar-refractivity contribution in [2.45, 2.75) is 5.92 Å². The van der Waals surface area contributed by atoms with Crippen molar-refractivity contribution in [1.82, 2.24) is 0 Å². The van der Waals surface area contributed by atoms with Crippen molar-refractivity contribution in [2.75, 3.05) is 5.73 Å². The van der Waals surface area contributed by atoms with Crippen LogP contribution in [0.25, 0.3) is 0 Å². The van der Waals surface area contributed by atoms with Crippen LogP contribution in [-0.2, 0) is 0 Å². The van der Waals surface area contributed by atoms with Crippen LogP contribution >= 0.6 is 11.6 Å². The molecule has 17 heavy (non-hydrogen) atoms. The van der Waals surface area contributed by atoms with E-state index in [0.717, 1.165) is 11.1 Å². The van der Waals surface area contributed by atoms with E-state index in [1.165, 1.54) is 0 Å². The van der Waals surface area contributed by atoms with Crippen molar-refractivity contribution in [3.05, 3.63) is 64.7 Å². The monoisotopic (exact) mass is 242 g/mol. The fraction of sp³-hybridized carbons (Fsp3) is 0.0714. The van der Waals surface area contributed by atoms with Gasteiger partial charge in [-0.15, -0.1) is 0 Å². The molecule has 0 aliphatic carbocycles. The third-order valence-electron chi connectivity index (χ3n) is 2.58. The molecule has 0 bridgehead atoms. The minimum absolute atomic E-state index is 0.311. The van der Waals surface area contributed by atoms with Gasteiger partial charge in [0.1, 0.15) is 0 Å². The summed E-state index contributed by atoms with van der Waals surface area (Å²) in [6.45, 7) is 0. The van der Waals surface area contributed by atoms with Crippen LogP contribution in [0.15, 0.2) is 48.5 Å². The lowest BCUT2D eigenvalue weighted by atomic mass is 9.92. The predicted octanol–water partition coefficient (Wildman–Crippen LogP) is 3.58. The van der Waals surface area contributed by atoms with Gasteiger partial charge in [-0.05, 0) is 35.4 Å². The molecule has 0 spiro atoms. The highest BCUT2D eigenvalue weighted by molar-refractivity contribution is 6.30.